The molecule has 0 bridgehead atoms. The molecule has 0 aromatic heterocycles. The third-order valence-corrected chi connectivity index (χ3v) is 3.09. The number of anilines is 1. The number of nitrogens with one attached hydrogen (secondary N) is 2. The van der Waals surface area contributed by atoms with Crippen LogP contribution in [0.1, 0.15) is 31.4 Å². The maximum Gasteiger partial charge on any atom is 0.221 e. The van der Waals surface area contributed by atoms with Gasteiger partial charge in [0, 0.05) is 19.5 Å². The maximum atomic E-state index is 11.6. The van der Waals surface area contributed by atoms with E-state index in [0.717, 1.165) is 23.4 Å². The standard InChI is InChI=1S/C15H23ClN2O/c1-10(2)9-18-14(19)5-6-17-15-12(4)7-11(3)8-13(15)16/h7-8,10,17H,5-6,9H2,1-4H3,(H,18,19). The van der Waals surface area contributed by atoms with Crippen molar-refractivity contribution in [1.82, 2.24) is 5.32 Å². The van der Waals surface area contributed by atoms with Crippen molar-refractivity contribution < 1.29 is 4.79 Å². The van der Waals surface area contributed by atoms with Crippen LogP contribution in [0, 0.1) is 19.8 Å². The summed E-state index contributed by atoms with van der Waals surface area (Å²) in [6.07, 6.45) is 0.455. The molecule has 0 atom stereocenters. The van der Waals surface area contributed by atoms with E-state index in [1.165, 1.54) is 0 Å². The molecule has 0 spiro atoms. The molecule has 0 fully saturated rings. The van der Waals surface area contributed by atoms with E-state index in [1.807, 2.05) is 19.9 Å². The van der Waals surface area contributed by atoms with Gasteiger partial charge < -0.3 is 10.6 Å². The van der Waals surface area contributed by atoms with Crippen LogP contribution in [0.3, 0.4) is 0 Å². The fraction of sp³-hybridized carbons (Fsp3) is 0.533. The van der Waals surface area contributed by atoms with Crippen molar-refractivity contribution in [3.05, 3.63) is 28.3 Å². The number of aryl methyl sites for hydroxylation is 2. The Labute approximate surface area is 120 Å². The van der Waals surface area contributed by atoms with Gasteiger partial charge >= 0.3 is 0 Å². The topological polar surface area (TPSA) is 41.1 Å². The molecule has 1 aromatic carbocycles. The lowest BCUT2D eigenvalue weighted by molar-refractivity contribution is -0.120. The van der Waals surface area contributed by atoms with Gasteiger partial charge in [0.1, 0.15) is 0 Å². The van der Waals surface area contributed by atoms with Crippen molar-refractivity contribution in [3.63, 3.8) is 0 Å². The summed E-state index contributed by atoms with van der Waals surface area (Å²) in [7, 11) is 0. The molecule has 0 aliphatic heterocycles. The van der Waals surface area contributed by atoms with Crippen LogP contribution >= 0.6 is 11.6 Å². The number of hydrogen-bond acceptors (Lipinski definition) is 2. The van der Waals surface area contributed by atoms with Crippen molar-refractivity contribution in [2.24, 2.45) is 5.92 Å². The first-order chi connectivity index (χ1) is 8.90. The predicted octanol–water partition coefficient (Wildman–Crippen LogP) is 3.53. The molecule has 0 unspecified atom stereocenters. The fourth-order valence-electron chi connectivity index (χ4n) is 1.85. The zero-order valence-corrected chi connectivity index (χ0v) is 12.9. The first-order valence-electron chi connectivity index (χ1n) is 6.67. The SMILES string of the molecule is Cc1cc(C)c(NCCC(=O)NCC(C)C)c(Cl)c1. The van der Waals surface area contributed by atoms with Gasteiger partial charge in [-0.2, -0.15) is 0 Å². The molecule has 1 amide bonds. The van der Waals surface area contributed by atoms with Gasteiger partial charge in [-0.15, -0.1) is 0 Å². The van der Waals surface area contributed by atoms with E-state index in [0.29, 0.717) is 23.9 Å². The number of hydrogen-bond donors (Lipinski definition) is 2. The number of benzene rings is 1. The second-order valence-corrected chi connectivity index (χ2v) is 5.72. The quantitative estimate of drug-likeness (QED) is 0.838. The second kappa shape index (κ2) is 7.39. The molecule has 0 radical (unpaired) electrons. The van der Waals surface area contributed by atoms with Crippen molar-refractivity contribution >= 4 is 23.2 Å². The van der Waals surface area contributed by atoms with E-state index in [4.69, 9.17) is 11.6 Å². The molecule has 19 heavy (non-hydrogen) atoms. The highest BCUT2D eigenvalue weighted by Crippen LogP contribution is 2.27. The van der Waals surface area contributed by atoms with Gasteiger partial charge in [-0.3, -0.25) is 4.79 Å². The third kappa shape index (κ3) is 5.52. The third-order valence-electron chi connectivity index (χ3n) is 2.79. The summed E-state index contributed by atoms with van der Waals surface area (Å²) < 4.78 is 0. The Morgan fingerprint density at radius 1 is 1.32 bits per heavy atom. The molecule has 0 aliphatic carbocycles. The Bertz CT molecular complexity index is 421. The van der Waals surface area contributed by atoms with Crippen LogP contribution in [0.4, 0.5) is 5.69 Å². The molecule has 106 valence electrons. The zero-order valence-electron chi connectivity index (χ0n) is 12.1. The summed E-state index contributed by atoms with van der Waals surface area (Å²) in [5, 5.41) is 6.84. The summed E-state index contributed by atoms with van der Waals surface area (Å²) >= 11 is 6.19. The number of rotatable bonds is 6. The number of amides is 1. The van der Waals surface area contributed by atoms with Crippen LogP contribution < -0.4 is 10.6 Å². The van der Waals surface area contributed by atoms with Crippen molar-refractivity contribution in [1.29, 1.82) is 0 Å². The van der Waals surface area contributed by atoms with Crippen LogP contribution in [0.2, 0.25) is 5.02 Å². The van der Waals surface area contributed by atoms with Crippen LogP contribution in [0.5, 0.6) is 0 Å². The van der Waals surface area contributed by atoms with Crippen molar-refractivity contribution in [2.45, 2.75) is 34.1 Å². The molecule has 3 nitrogen and oxygen atoms in total. The summed E-state index contributed by atoms with van der Waals surface area (Å²) in [6, 6.07) is 4.00. The minimum Gasteiger partial charge on any atom is -0.383 e. The van der Waals surface area contributed by atoms with E-state index < -0.39 is 0 Å². The first-order valence-corrected chi connectivity index (χ1v) is 7.05. The molecule has 1 rings (SSSR count). The Balaban J connectivity index is 2.43. The first kappa shape index (κ1) is 15.8. The number of carbonyl (C=O) groups is 1. The minimum absolute atomic E-state index is 0.0714. The summed E-state index contributed by atoms with van der Waals surface area (Å²) in [5.41, 5.74) is 3.17. The normalized spacial score (nSPS) is 10.6. The second-order valence-electron chi connectivity index (χ2n) is 5.31. The molecular weight excluding hydrogens is 260 g/mol. The summed E-state index contributed by atoms with van der Waals surface area (Å²) in [5.74, 6) is 0.549. The monoisotopic (exact) mass is 282 g/mol. The smallest absolute Gasteiger partial charge is 0.221 e. The highest BCUT2D eigenvalue weighted by Gasteiger charge is 2.06. The summed E-state index contributed by atoms with van der Waals surface area (Å²) in [4.78, 5) is 11.6. The lowest BCUT2D eigenvalue weighted by Gasteiger charge is -2.13. The molecular formula is C15H23ClN2O. The Kier molecular flexibility index (Phi) is 6.16. The number of carbonyl (C=O) groups excluding carboxylic acids is 1. The van der Waals surface area contributed by atoms with E-state index in [1.54, 1.807) is 0 Å². The maximum absolute atomic E-state index is 11.6. The fourth-order valence-corrected chi connectivity index (χ4v) is 2.23. The predicted molar refractivity (Wildman–Crippen MR) is 81.9 cm³/mol. The van der Waals surface area contributed by atoms with E-state index in [9.17, 15) is 4.79 Å². The lowest BCUT2D eigenvalue weighted by Crippen LogP contribution is -2.28. The zero-order chi connectivity index (χ0) is 14.4. The largest absolute Gasteiger partial charge is 0.383 e. The van der Waals surface area contributed by atoms with Crippen LogP contribution in [-0.4, -0.2) is 19.0 Å². The van der Waals surface area contributed by atoms with Crippen LogP contribution in [0.15, 0.2) is 12.1 Å². The van der Waals surface area contributed by atoms with Crippen molar-refractivity contribution in [2.75, 3.05) is 18.4 Å². The molecule has 1 aromatic rings. The number of halogens is 1. The molecule has 0 heterocycles. The molecule has 4 heteroatoms. The van der Waals surface area contributed by atoms with Gasteiger partial charge in [0.15, 0.2) is 0 Å². The average Bonchev–Trinajstić information content (AvgIpc) is 2.29. The molecule has 2 N–H and O–H groups in total. The van der Waals surface area contributed by atoms with Gasteiger partial charge in [-0.1, -0.05) is 31.5 Å². The van der Waals surface area contributed by atoms with Gasteiger partial charge in [0.05, 0.1) is 10.7 Å². The Morgan fingerprint density at radius 3 is 2.58 bits per heavy atom. The Morgan fingerprint density at radius 2 is 2.00 bits per heavy atom. The van der Waals surface area contributed by atoms with E-state index >= 15 is 0 Å². The average molecular weight is 283 g/mol. The van der Waals surface area contributed by atoms with Gasteiger partial charge in [0.2, 0.25) is 5.91 Å². The minimum atomic E-state index is 0.0714. The van der Waals surface area contributed by atoms with Gasteiger partial charge in [0.25, 0.3) is 0 Å². The molecule has 0 aliphatic rings. The van der Waals surface area contributed by atoms with E-state index in [2.05, 4.69) is 30.5 Å². The Hall–Kier alpha value is -1.22. The van der Waals surface area contributed by atoms with E-state index in [-0.39, 0.29) is 5.91 Å². The van der Waals surface area contributed by atoms with Crippen LogP contribution in [-0.2, 0) is 4.79 Å². The van der Waals surface area contributed by atoms with Crippen molar-refractivity contribution in [3.8, 4) is 0 Å². The highest BCUT2D eigenvalue weighted by molar-refractivity contribution is 6.33. The lowest BCUT2D eigenvalue weighted by atomic mass is 10.1. The molecule has 0 saturated carbocycles. The van der Waals surface area contributed by atoms with Gasteiger partial charge in [-0.05, 0) is 37.0 Å². The van der Waals surface area contributed by atoms with Crippen LogP contribution in [0.25, 0.3) is 0 Å². The summed E-state index contributed by atoms with van der Waals surface area (Å²) in [6.45, 7) is 9.50. The molecule has 0 saturated heterocycles. The van der Waals surface area contributed by atoms with Gasteiger partial charge in [-0.25, -0.2) is 0 Å². The highest BCUT2D eigenvalue weighted by atomic mass is 35.5.